The molecule has 0 radical (unpaired) electrons. The van der Waals surface area contributed by atoms with Crippen molar-refractivity contribution in [2.75, 3.05) is 25.1 Å². The molecule has 0 spiro atoms. The van der Waals surface area contributed by atoms with Gasteiger partial charge in [0.05, 0.1) is 23.4 Å². The van der Waals surface area contributed by atoms with Gasteiger partial charge >= 0.3 is 0 Å². The van der Waals surface area contributed by atoms with E-state index in [4.69, 9.17) is 4.74 Å². The second-order valence-corrected chi connectivity index (χ2v) is 4.67. The summed E-state index contributed by atoms with van der Waals surface area (Å²) >= 11 is 2.86. The number of anilines is 1. The number of benzene rings is 1. The molecule has 1 heterocycles. The molecule has 1 saturated heterocycles. The molecule has 0 aliphatic carbocycles. The summed E-state index contributed by atoms with van der Waals surface area (Å²) in [6.45, 7) is 1.30. The van der Waals surface area contributed by atoms with Gasteiger partial charge in [0, 0.05) is 12.6 Å². The van der Waals surface area contributed by atoms with Crippen LogP contribution in [-0.4, -0.2) is 31.7 Å². The number of hydrogen-bond donors (Lipinski definition) is 2. The van der Waals surface area contributed by atoms with Crippen LogP contribution in [0.2, 0.25) is 0 Å². The number of hydrogen-bond acceptors (Lipinski definition) is 3. The maximum Gasteiger partial charge on any atom is 0.243 e. The lowest BCUT2D eigenvalue weighted by Gasteiger charge is -2.23. The molecule has 2 rings (SSSR count). The van der Waals surface area contributed by atoms with E-state index in [2.05, 4.69) is 26.6 Å². The predicted octanol–water partition coefficient (Wildman–Crippen LogP) is 1.65. The number of morpholine rings is 1. The number of carbonyl (C=O) groups is 1. The van der Waals surface area contributed by atoms with Crippen LogP contribution in [0.4, 0.5) is 14.5 Å². The summed E-state index contributed by atoms with van der Waals surface area (Å²) in [5, 5.41) is 5.25. The van der Waals surface area contributed by atoms with Crippen molar-refractivity contribution in [3.8, 4) is 0 Å². The lowest BCUT2D eigenvalue weighted by atomic mass is 10.2. The van der Waals surface area contributed by atoms with E-state index in [-0.39, 0.29) is 16.8 Å². The summed E-state index contributed by atoms with van der Waals surface area (Å²) in [6.07, 6.45) is 0. The zero-order chi connectivity index (χ0) is 13.1. The average Bonchev–Trinajstić information content (AvgIpc) is 2.37. The van der Waals surface area contributed by atoms with E-state index in [1.165, 1.54) is 0 Å². The Morgan fingerprint density at radius 3 is 2.89 bits per heavy atom. The Hall–Kier alpha value is -1.05. The summed E-state index contributed by atoms with van der Waals surface area (Å²) < 4.78 is 31.9. The molecule has 1 unspecified atom stereocenters. The molecule has 1 fully saturated rings. The first-order valence-electron chi connectivity index (χ1n) is 5.34. The van der Waals surface area contributed by atoms with Crippen LogP contribution in [0, 0.1) is 11.6 Å². The van der Waals surface area contributed by atoms with Crippen molar-refractivity contribution in [2.24, 2.45) is 0 Å². The number of rotatable bonds is 2. The van der Waals surface area contributed by atoms with Crippen molar-refractivity contribution in [3.63, 3.8) is 0 Å². The molecule has 18 heavy (non-hydrogen) atoms. The van der Waals surface area contributed by atoms with Crippen LogP contribution in [-0.2, 0) is 9.53 Å². The van der Waals surface area contributed by atoms with Crippen molar-refractivity contribution in [1.82, 2.24) is 5.32 Å². The number of nitrogens with one attached hydrogen (secondary N) is 2. The van der Waals surface area contributed by atoms with Gasteiger partial charge in [0.1, 0.15) is 17.7 Å². The van der Waals surface area contributed by atoms with Crippen LogP contribution in [0.3, 0.4) is 0 Å². The fraction of sp³-hybridized carbons (Fsp3) is 0.364. The molecular formula is C11H11BrF2N2O2. The second kappa shape index (κ2) is 5.73. The molecule has 1 aromatic carbocycles. The smallest absolute Gasteiger partial charge is 0.243 e. The van der Waals surface area contributed by atoms with Gasteiger partial charge in [-0.2, -0.15) is 0 Å². The van der Waals surface area contributed by atoms with Crippen LogP contribution in [0.1, 0.15) is 0 Å². The Balaban J connectivity index is 2.08. The van der Waals surface area contributed by atoms with E-state index in [0.29, 0.717) is 13.2 Å². The van der Waals surface area contributed by atoms with Gasteiger partial charge in [0.2, 0.25) is 5.91 Å². The summed E-state index contributed by atoms with van der Waals surface area (Å²) in [5.74, 6) is -1.79. The van der Waals surface area contributed by atoms with Gasteiger partial charge in [0.25, 0.3) is 0 Å². The molecular weight excluding hydrogens is 310 g/mol. The van der Waals surface area contributed by atoms with E-state index >= 15 is 0 Å². The second-order valence-electron chi connectivity index (χ2n) is 3.82. The fourth-order valence-corrected chi connectivity index (χ4v) is 1.89. The molecule has 4 nitrogen and oxygen atoms in total. The maximum absolute atomic E-state index is 13.5. The monoisotopic (exact) mass is 320 g/mol. The largest absolute Gasteiger partial charge is 0.378 e. The highest BCUT2D eigenvalue weighted by Crippen LogP contribution is 2.23. The molecule has 7 heteroatoms. The van der Waals surface area contributed by atoms with E-state index in [9.17, 15) is 13.6 Å². The summed E-state index contributed by atoms with van der Waals surface area (Å²) in [4.78, 5) is 11.8. The van der Waals surface area contributed by atoms with Crippen LogP contribution in [0.25, 0.3) is 0 Å². The fourth-order valence-electron chi connectivity index (χ4n) is 1.57. The first kappa shape index (κ1) is 13.4. The maximum atomic E-state index is 13.5. The third-order valence-corrected chi connectivity index (χ3v) is 3.11. The highest BCUT2D eigenvalue weighted by molar-refractivity contribution is 9.10. The topological polar surface area (TPSA) is 50.4 Å². The number of halogens is 3. The molecule has 1 aliphatic heterocycles. The lowest BCUT2D eigenvalue weighted by molar-refractivity contribution is -0.120. The number of ether oxygens (including phenoxy) is 1. The van der Waals surface area contributed by atoms with Gasteiger partial charge in [-0.25, -0.2) is 8.78 Å². The third kappa shape index (κ3) is 3.04. The van der Waals surface area contributed by atoms with Crippen molar-refractivity contribution in [2.45, 2.75) is 6.04 Å². The molecule has 1 amide bonds. The zero-order valence-electron chi connectivity index (χ0n) is 9.30. The predicted molar refractivity (Wildman–Crippen MR) is 65.3 cm³/mol. The SMILES string of the molecule is O=C(Nc1cc(F)c(Br)cc1F)C1COCCN1. The van der Waals surface area contributed by atoms with Crippen molar-refractivity contribution in [3.05, 3.63) is 28.2 Å². The van der Waals surface area contributed by atoms with E-state index in [1.54, 1.807) is 0 Å². The van der Waals surface area contributed by atoms with E-state index in [0.717, 1.165) is 12.1 Å². The molecule has 0 saturated carbocycles. The molecule has 2 N–H and O–H groups in total. The summed E-state index contributed by atoms with van der Waals surface area (Å²) in [6, 6.07) is 1.35. The van der Waals surface area contributed by atoms with Crippen molar-refractivity contribution < 1.29 is 18.3 Å². The summed E-state index contributed by atoms with van der Waals surface area (Å²) in [5.41, 5.74) is -0.187. The Bertz CT molecular complexity index is 465. The Morgan fingerprint density at radius 2 is 2.22 bits per heavy atom. The third-order valence-electron chi connectivity index (χ3n) is 2.51. The number of carbonyl (C=O) groups excluding carboxylic acids is 1. The molecule has 1 aromatic rings. The van der Waals surface area contributed by atoms with Crippen molar-refractivity contribution in [1.29, 1.82) is 0 Å². The first-order chi connectivity index (χ1) is 8.58. The van der Waals surface area contributed by atoms with Crippen LogP contribution in [0.15, 0.2) is 16.6 Å². The summed E-state index contributed by atoms with van der Waals surface area (Å²) in [7, 11) is 0. The normalized spacial score (nSPS) is 19.6. The van der Waals surface area contributed by atoms with Gasteiger partial charge in [-0.3, -0.25) is 4.79 Å². The molecule has 1 aliphatic rings. The highest BCUT2D eigenvalue weighted by Gasteiger charge is 2.22. The molecule has 98 valence electrons. The quantitative estimate of drug-likeness (QED) is 0.815. The van der Waals surface area contributed by atoms with Crippen molar-refractivity contribution >= 4 is 27.5 Å². The van der Waals surface area contributed by atoms with Gasteiger partial charge in [-0.15, -0.1) is 0 Å². The Morgan fingerprint density at radius 1 is 1.44 bits per heavy atom. The molecule has 0 bridgehead atoms. The van der Waals surface area contributed by atoms with Crippen LogP contribution >= 0.6 is 15.9 Å². The minimum absolute atomic E-state index is 0.0112. The van der Waals surface area contributed by atoms with Gasteiger partial charge in [0.15, 0.2) is 0 Å². The van der Waals surface area contributed by atoms with Gasteiger partial charge < -0.3 is 15.4 Å². The van der Waals surface area contributed by atoms with Crippen LogP contribution < -0.4 is 10.6 Å². The van der Waals surface area contributed by atoms with E-state index < -0.39 is 23.6 Å². The van der Waals surface area contributed by atoms with Gasteiger partial charge in [-0.05, 0) is 22.0 Å². The molecule has 0 aromatic heterocycles. The lowest BCUT2D eigenvalue weighted by Crippen LogP contribution is -2.48. The highest BCUT2D eigenvalue weighted by atomic mass is 79.9. The average molecular weight is 321 g/mol. The van der Waals surface area contributed by atoms with Crippen LogP contribution in [0.5, 0.6) is 0 Å². The zero-order valence-corrected chi connectivity index (χ0v) is 10.9. The minimum Gasteiger partial charge on any atom is -0.378 e. The first-order valence-corrected chi connectivity index (χ1v) is 6.14. The van der Waals surface area contributed by atoms with E-state index in [1.807, 2.05) is 0 Å². The Labute approximate surface area is 111 Å². The molecule has 1 atom stereocenters. The standard InChI is InChI=1S/C11H11BrF2N2O2/c12-6-3-8(14)9(4-7(6)13)16-11(17)10-5-18-2-1-15-10/h3-4,10,15H,1-2,5H2,(H,16,17). The number of amides is 1. The van der Waals surface area contributed by atoms with Gasteiger partial charge in [-0.1, -0.05) is 0 Å². The Kier molecular flexibility index (Phi) is 4.26. The minimum atomic E-state index is -0.701.